The number of carbonyl (C=O) groups is 2. The summed E-state index contributed by atoms with van der Waals surface area (Å²) in [5, 5.41) is 2.79. The number of aromatic nitrogens is 1. The molecule has 0 radical (unpaired) electrons. The molecule has 1 heterocycles. The molecule has 1 aromatic carbocycles. The quantitative estimate of drug-likeness (QED) is 0.789. The summed E-state index contributed by atoms with van der Waals surface area (Å²) in [6.07, 6.45) is 2.23. The molecule has 6 nitrogen and oxygen atoms in total. The topological polar surface area (TPSA) is 88.3 Å². The van der Waals surface area contributed by atoms with Gasteiger partial charge in [0.2, 0.25) is 0 Å². The lowest BCUT2D eigenvalue weighted by molar-refractivity contribution is -0.125. The van der Waals surface area contributed by atoms with Crippen molar-refractivity contribution in [1.82, 2.24) is 10.3 Å². The van der Waals surface area contributed by atoms with Crippen molar-refractivity contribution in [2.75, 3.05) is 6.61 Å². The maximum absolute atomic E-state index is 12.1. The molecule has 0 aliphatic heterocycles. The van der Waals surface area contributed by atoms with Gasteiger partial charge in [-0.2, -0.15) is 0 Å². The van der Waals surface area contributed by atoms with Crippen LogP contribution in [0.25, 0.3) is 11.3 Å². The Morgan fingerprint density at radius 2 is 1.92 bits per heavy atom. The fourth-order valence-electron chi connectivity index (χ4n) is 2.64. The van der Waals surface area contributed by atoms with E-state index >= 15 is 0 Å². The highest BCUT2D eigenvalue weighted by molar-refractivity contribution is 5.91. The van der Waals surface area contributed by atoms with E-state index in [1.165, 1.54) is 6.07 Å². The molecule has 0 saturated heterocycles. The summed E-state index contributed by atoms with van der Waals surface area (Å²) in [7, 11) is 0. The van der Waals surface area contributed by atoms with Gasteiger partial charge in [0.25, 0.3) is 11.5 Å². The second kappa shape index (κ2) is 7.34. The van der Waals surface area contributed by atoms with Gasteiger partial charge in [0.05, 0.1) is 0 Å². The first-order valence-corrected chi connectivity index (χ1v) is 8.30. The first-order chi connectivity index (χ1) is 12.0. The van der Waals surface area contributed by atoms with Gasteiger partial charge in [-0.25, -0.2) is 4.79 Å². The number of amides is 1. The van der Waals surface area contributed by atoms with Crippen LogP contribution >= 0.6 is 0 Å². The smallest absolute Gasteiger partial charge is 0.344 e. The Balaban J connectivity index is 1.60. The predicted molar refractivity (Wildman–Crippen MR) is 93.1 cm³/mol. The molecule has 1 saturated carbocycles. The van der Waals surface area contributed by atoms with E-state index in [9.17, 15) is 14.4 Å². The zero-order valence-corrected chi connectivity index (χ0v) is 14.0. The lowest BCUT2D eigenvalue weighted by Crippen LogP contribution is -2.37. The molecule has 3 rings (SSSR count). The van der Waals surface area contributed by atoms with Crippen molar-refractivity contribution in [2.24, 2.45) is 5.92 Å². The first-order valence-electron chi connectivity index (χ1n) is 8.30. The van der Waals surface area contributed by atoms with Crippen molar-refractivity contribution in [3.63, 3.8) is 0 Å². The van der Waals surface area contributed by atoms with E-state index in [0.29, 0.717) is 11.6 Å². The van der Waals surface area contributed by atoms with Crippen molar-refractivity contribution in [1.29, 1.82) is 0 Å². The molecule has 1 amide bonds. The van der Waals surface area contributed by atoms with Crippen molar-refractivity contribution in [2.45, 2.75) is 25.8 Å². The van der Waals surface area contributed by atoms with Crippen LogP contribution in [0.1, 0.15) is 30.1 Å². The number of rotatable bonds is 6. The predicted octanol–water partition coefficient (Wildman–Crippen LogP) is 2.11. The average molecular weight is 340 g/mol. The van der Waals surface area contributed by atoms with Crippen molar-refractivity contribution >= 4 is 11.9 Å². The Hall–Kier alpha value is -2.89. The van der Waals surface area contributed by atoms with Gasteiger partial charge >= 0.3 is 5.97 Å². The lowest BCUT2D eigenvalue weighted by atomic mass is 10.1. The molecule has 0 unspecified atom stereocenters. The molecule has 25 heavy (non-hydrogen) atoms. The summed E-state index contributed by atoms with van der Waals surface area (Å²) in [4.78, 5) is 38.6. The summed E-state index contributed by atoms with van der Waals surface area (Å²) >= 11 is 0. The molecule has 1 aliphatic rings. The summed E-state index contributed by atoms with van der Waals surface area (Å²) in [6.45, 7) is 1.54. The second-order valence-electron chi connectivity index (χ2n) is 6.25. The number of H-pyrrole nitrogens is 1. The van der Waals surface area contributed by atoms with Crippen LogP contribution in [0.3, 0.4) is 0 Å². The fourth-order valence-corrected chi connectivity index (χ4v) is 2.64. The molecular weight excluding hydrogens is 320 g/mol. The monoisotopic (exact) mass is 340 g/mol. The van der Waals surface area contributed by atoms with Gasteiger partial charge in [-0.3, -0.25) is 9.59 Å². The normalized spacial score (nSPS) is 14.6. The van der Waals surface area contributed by atoms with Crippen molar-refractivity contribution < 1.29 is 14.3 Å². The molecule has 0 bridgehead atoms. The Labute approximate surface area is 145 Å². The average Bonchev–Trinajstić information content (AvgIpc) is 3.45. The van der Waals surface area contributed by atoms with E-state index in [1.54, 1.807) is 6.07 Å². The molecule has 1 aromatic heterocycles. The van der Waals surface area contributed by atoms with Crippen molar-refractivity contribution in [3.05, 3.63) is 58.4 Å². The summed E-state index contributed by atoms with van der Waals surface area (Å²) in [6, 6.07) is 12.4. The second-order valence-corrected chi connectivity index (χ2v) is 6.25. The van der Waals surface area contributed by atoms with Gasteiger partial charge in [-0.1, -0.05) is 30.3 Å². The van der Waals surface area contributed by atoms with Gasteiger partial charge in [-0.15, -0.1) is 0 Å². The number of hydrogen-bond acceptors (Lipinski definition) is 4. The highest BCUT2D eigenvalue weighted by atomic mass is 16.5. The highest BCUT2D eigenvalue weighted by Crippen LogP contribution is 2.32. The lowest BCUT2D eigenvalue weighted by Gasteiger charge is -2.12. The number of carbonyl (C=O) groups excluding carboxylic acids is 2. The van der Waals surface area contributed by atoms with Gasteiger partial charge in [0, 0.05) is 11.7 Å². The fraction of sp³-hybridized carbons (Fsp3) is 0.316. The third kappa shape index (κ3) is 4.35. The zero-order valence-electron chi connectivity index (χ0n) is 14.0. The highest BCUT2D eigenvalue weighted by Gasteiger charge is 2.29. The molecular formula is C19H20N2O4. The van der Waals surface area contributed by atoms with E-state index in [4.69, 9.17) is 4.74 Å². The van der Waals surface area contributed by atoms with Gasteiger partial charge in [0.15, 0.2) is 6.61 Å². The molecule has 0 spiro atoms. The minimum atomic E-state index is -0.810. The van der Waals surface area contributed by atoms with E-state index in [-0.39, 0.29) is 17.5 Å². The maximum atomic E-state index is 12.1. The van der Waals surface area contributed by atoms with E-state index in [1.807, 2.05) is 37.3 Å². The van der Waals surface area contributed by atoms with Crippen LogP contribution < -0.4 is 10.9 Å². The third-order valence-electron chi connectivity index (χ3n) is 4.27. The molecule has 6 heteroatoms. The number of ether oxygens (including phenoxy) is 1. The first kappa shape index (κ1) is 17.0. The largest absolute Gasteiger partial charge is 0.452 e. The van der Waals surface area contributed by atoms with Gasteiger partial charge in [0.1, 0.15) is 5.56 Å². The maximum Gasteiger partial charge on any atom is 0.344 e. The van der Waals surface area contributed by atoms with Gasteiger partial charge in [-0.05, 0) is 43.4 Å². The summed E-state index contributed by atoms with van der Waals surface area (Å²) in [5.74, 6) is -0.645. The molecule has 1 fully saturated rings. The van der Waals surface area contributed by atoms with E-state index in [2.05, 4.69) is 10.3 Å². The Morgan fingerprint density at radius 3 is 2.56 bits per heavy atom. The van der Waals surface area contributed by atoms with Crippen LogP contribution in [0.2, 0.25) is 0 Å². The van der Waals surface area contributed by atoms with Gasteiger partial charge < -0.3 is 15.0 Å². The van der Waals surface area contributed by atoms with Crippen LogP contribution in [-0.2, 0) is 9.53 Å². The number of esters is 1. The SMILES string of the molecule is C[C@@H](NC(=O)COC(=O)c1ccc(-c2ccccc2)[nH]c1=O)C1CC1. The Bertz CT molecular complexity index is 825. The minimum Gasteiger partial charge on any atom is -0.452 e. The van der Waals surface area contributed by atoms with E-state index < -0.39 is 18.1 Å². The van der Waals surface area contributed by atoms with Crippen LogP contribution in [-0.4, -0.2) is 29.5 Å². The van der Waals surface area contributed by atoms with Crippen LogP contribution in [0.4, 0.5) is 0 Å². The number of hydrogen-bond donors (Lipinski definition) is 2. The number of aromatic amines is 1. The molecule has 2 N–H and O–H groups in total. The summed E-state index contributed by atoms with van der Waals surface area (Å²) < 4.78 is 4.95. The molecule has 2 aromatic rings. The van der Waals surface area contributed by atoms with Crippen molar-refractivity contribution in [3.8, 4) is 11.3 Å². The number of nitrogens with one attached hydrogen (secondary N) is 2. The standard InChI is InChI=1S/C19H20N2O4/c1-12(13-7-8-13)20-17(22)11-25-19(24)15-9-10-16(21-18(15)23)14-5-3-2-4-6-14/h2-6,9-10,12-13H,7-8,11H2,1H3,(H,20,22)(H,21,23)/t12-/m1/s1. The Morgan fingerprint density at radius 1 is 1.20 bits per heavy atom. The number of benzene rings is 1. The molecule has 1 atom stereocenters. The van der Waals surface area contributed by atoms with Crippen LogP contribution in [0, 0.1) is 5.92 Å². The van der Waals surface area contributed by atoms with Crippen LogP contribution in [0.5, 0.6) is 0 Å². The van der Waals surface area contributed by atoms with E-state index in [0.717, 1.165) is 18.4 Å². The minimum absolute atomic E-state index is 0.0831. The zero-order chi connectivity index (χ0) is 17.8. The van der Waals surface area contributed by atoms with Crippen LogP contribution in [0.15, 0.2) is 47.3 Å². The Kier molecular flexibility index (Phi) is 4.97. The number of pyridine rings is 1. The molecule has 1 aliphatic carbocycles. The summed E-state index contributed by atoms with van der Waals surface area (Å²) in [5.41, 5.74) is 0.784. The third-order valence-corrected chi connectivity index (χ3v) is 4.27. The molecule has 130 valence electrons.